The summed E-state index contributed by atoms with van der Waals surface area (Å²) in [5, 5.41) is 8.85. The summed E-state index contributed by atoms with van der Waals surface area (Å²) in [6.45, 7) is 1.92. The lowest BCUT2D eigenvalue weighted by Crippen LogP contribution is -2.38. The number of hydrogen-bond acceptors (Lipinski definition) is 4. The molecule has 0 spiro atoms. The molecule has 0 aromatic heterocycles. The van der Waals surface area contributed by atoms with E-state index in [4.69, 9.17) is 5.26 Å². The fourth-order valence-corrected chi connectivity index (χ4v) is 4.51. The Bertz CT molecular complexity index is 1060. The largest absolute Gasteiger partial charge is 0.406 e. The molecule has 0 unspecified atom stereocenters. The van der Waals surface area contributed by atoms with Crippen LogP contribution in [0.5, 0.6) is 0 Å². The smallest absolute Gasteiger partial charge is 0.325 e. The van der Waals surface area contributed by atoms with Gasteiger partial charge in [-0.25, -0.2) is 8.42 Å². The van der Waals surface area contributed by atoms with E-state index in [0.29, 0.717) is 16.0 Å². The van der Waals surface area contributed by atoms with Gasteiger partial charge in [-0.2, -0.15) is 22.7 Å². The molecule has 0 saturated carbocycles. The predicted molar refractivity (Wildman–Crippen MR) is 109 cm³/mol. The summed E-state index contributed by atoms with van der Waals surface area (Å²) >= 11 is 0. The Kier molecular flexibility index (Phi) is 7.81. The van der Waals surface area contributed by atoms with Crippen molar-refractivity contribution < 1.29 is 26.4 Å². The molecule has 0 heterocycles. The molecule has 0 fully saturated rings. The molecule has 0 bridgehead atoms. The molecular weight excluding hydrogens is 431 g/mol. The van der Waals surface area contributed by atoms with Crippen molar-refractivity contribution in [1.29, 1.82) is 5.26 Å². The zero-order valence-corrected chi connectivity index (χ0v) is 17.9. The average molecular weight is 453 g/mol. The minimum absolute atomic E-state index is 0.160. The SMILES string of the molecule is CCN(CC)S(=O)(=O)c1cccc(C(=O)N(Cc2ccc(C#N)cc2)CC(F)(F)F)c1. The highest BCUT2D eigenvalue weighted by molar-refractivity contribution is 7.89. The standard InChI is InChI=1S/C21H22F3N3O3S/c1-3-27(4-2)31(29,30)19-7-5-6-18(12-19)20(28)26(15-21(22,23)24)14-17-10-8-16(13-25)9-11-17/h5-12H,3-4,14-15H2,1-2H3. The van der Waals surface area contributed by atoms with E-state index in [1.165, 1.54) is 46.8 Å². The van der Waals surface area contributed by atoms with Crippen molar-refractivity contribution in [2.75, 3.05) is 19.6 Å². The summed E-state index contributed by atoms with van der Waals surface area (Å²) in [5.41, 5.74) is 0.585. The first-order valence-corrected chi connectivity index (χ1v) is 10.9. The molecule has 166 valence electrons. The third kappa shape index (κ3) is 6.29. The second-order valence-corrected chi connectivity index (χ2v) is 8.64. The highest BCUT2D eigenvalue weighted by atomic mass is 32.2. The molecule has 0 aliphatic rings. The van der Waals surface area contributed by atoms with Gasteiger partial charge in [0.15, 0.2) is 0 Å². The number of benzene rings is 2. The lowest BCUT2D eigenvalue weighted by Gasteiger charge is -2.25. The van der Waals surface area contributed by atoms with E-state index in [2.05, 4.69) is 0 Å². The summed E-state index contributed by atoms with van der Waals surface area (Å²) < 4.78 is 66.0. The van der Waals surface area contributed by atoms with Crippen LogP contribution in [0.2, 0.25) is 0 Å². The van der Waals surface area contributed by atoms with Crippen LogP contribution >= 0.6 is 0 Å². The topological polar surface area (TPSA) is 81.5 Å². The number of sulfonamides is 1. The van der Waals surface area contributed by atoms with Gasteiger partial charge in [0.25, 0.3) is 5.91 Å². The number of alkyl halides is 3. The fourth-order valence-electron chi connectivity index (χ4n) is 3.01. The van der Waals surface area contributed by atoms with Crippen LogP contribution in [0.4, 0.5) is 13.2 Å². The predicted octanol–water partition coefficient (Wildman–Crippen LogP) is 3.79. The monoisotopic (exact) mass is 453 g/mol. The maximum absolute atomic E-state index is 13.1. The molecule has 0 saturated heterocycles. The molecule has 0 atom stereocenters. The minimum Gasteiger partial charge on any atom is -0.325 e. The first-order chi connectivity index (χ1) is 14.5. The second kappa shape index (κ2) is 9.94. The second-order valence-electron chi connectivity index (χ2n) is 6.70. The molecule has 10 heteroatoms. The third-order valence-corrected chi connectivity index (χ3v) is 6.58. The van der Waals surface area contributed by atoms with Crippen LogP contribution in [0.1, 0.15) is 35.3 Å². The van der Waals surface area contributed by atoms with E-state index in [1.807, 2.05) is 6.07 Å². The van der Waals surface area contributed by atoms with Gasteiger partial charge in [-0.15, -0.1) is 0 Å². The van der Waals surface area contributed by atoms with E-state index in [1.54, 1.807) is 13.8 Å². The van der Waals surface area contributed by atoms with Crippen LogP contribution in [0, 0.1) is 11.3 Å². The van der Waals surface area contributed by atoms with Crippen molar-refractivity contribution in [2.24, 2.45) is 0 Å². The quantitative estimate of drug-likeness (QED) is 0.609. The van der Waals surface area contributed by atoms with Crippen LogP contribution in [0.25, 0.3) is 0 Å². The van der Waals surface area contributed by atoms with Gasteiger partial charge in [0, 0.05) is 25.2 Å². The zero-order valence-electron chi connectivity index (χ0n) is 17.1. The van der Waals surface area contributed by atoms with Crippen LogP contribution in [-0.4, -0.2) is 49.3 Å². The lowest BCUT2D eigenvalue weighted by molar-refractivity contribution is -0.141. The van der Waals surface area contributed by atoms with Crippen molar-refractivity contribution >= 4 is 15.9 Å². The van der Waals surface area contributed by atoms with Gasteiger partial charge in [-0.3, -0.25) is 4.79 Å². The average Bonchev–Trinajstić information content (AvgIpc) is 2.73. The number of amides is 1. The molecule has 6 nitrogen and oxygen atoms in total. The third-order valence-electron chi connectivity index (χ3n) is 4.54. The van der Waals surface area contributed by atoms with Crippen molar-refractivity contribution in [1.82, 2.24) is 9.21 Å². The van der Waals surface area contributed by atoms with Crippen LogP contribution in [0.15, 0.2) is 53.4 Å². The molecule has 2 aromatic rings. The number of hydrogen-bond donors (Lipinski definition) is 0. The van der Waals surface area contributed by atoms with Crippen molar-refractivity contribution in [3.8, 4) is 6.07 Å². The number of nitriles is 1. The Morgan fingerprint density at radius 2 is 1.68 bits per heavy atom. The van der Waals surface area contributed by atoms with Crippen LogP contribution < -0.4 is 0 Å². The Balaban J connectivity index is 2.39. The normalized spacial score (nSPS) is 11.9. The zero-order chi connectivity index (χ0) is 23.2. The molecular formula is C21H22F3N3O3S. The molecule has 2 aromatic carbocycles. The number of halogens is 3. The minimum atomic E-state index is -4.65. The van der Waals surface area contributed by atoms with Gasteiger partial charge < -0.3 is 4.90 Å². The highest BCUT2D eigenvalue weighted by Crippen LogP contribution is 2.22. The molecule has 2 rings (SSSR count). The Labute approximate surface area is 179 Å². The number of carbonyl (C=O) groups excluding carboxylic acids is 1. The molecule has 0 aliphatic carbocycles. The molecule has 0 N–H and O–H groups in total. The first-order valence-electron chi connectivity index (χ1n) is 9.47. The number of nitrogens with zero attached hydrogens (tertiary/aromatic N) is 3. The van der Waals surface area contributed by atoms with Gasteiger partial charge >= 0.3 is 6.18 Å². The van der Waals surface area contributed by atoms with Crippen molar-refractivity contribution in [3.63, 3.8) is 0 Å². The maximum Gasteiger partial charge on any atom is 0.406 e. The summed E-state index contributed by atoms with van der Waals surface area (Å²) in [7, 11) is -3.87. The highest BCUT2D eigenvalue weighted by Gasteiger charge is 2.34. The summed E-state index contributed by atoms with van der Waals surface area (Å²) in [6, 6.07) is 12.8. The molecule has 0 radical (unpaired) electrons. The van der Waals surface area contributed by atoms with E-state index in [-0.39, 0.29) is 30.1 Å². The van der Waals surface area contributed by atoms with E-state index < -0.39 is 28.7 Å². The van der Waals surface area contributed by atoms with Crippen LogP contribution in [-0.2, 0) is 16.6 Å². The molecule has 1 amide bonds. The maximum atomic E-state index is 13.1. The van der Waals surface area contributed by atoms with E-state index >= 15 is 0 Å². The Morgan fingerprint density at radius 1 is 1.06 bits per heavy atom. The summed E-state index contributed by atoms with van der Waals surface area (Å²) in [4.78, 5) is 13.3. The van der Waals surface area contributed by atoms with Crippen molar-refractivity contribution in [2.45, 2.75) is 31.5 Å². The van der Waals surface area contributed by atoms with Crippen molar-refractivity contribution in [3.05, 3.63) is 65.2 Å². The van der Waals surface area contributed by atoms with Gasteiger partial charge in [-0.05, 0) is 35.9 Å². The van der Waals surface area contributed by atoms with E-state index in [0.717, 1.165) is 6.07 Å². The van der Waals surface area contributed by atoms with Gasteiger partial charge in [0.2, 0.25) is 10.0 Å². The summed E-state index contributed by atoms with van der Waals surface area (Å²) in [6.07, 6.45) is -4.65. The molecule has 31 heavy (non-hydrogen) atoms. The fraction of sp³-hybridized carbons (Fsp3) is 0.333. The van der Waals surface area contributed by atoms with Gasteiger partial charge in [0.1, 0.15) is 6.54 Å². The molecule has 0 aliphatic heterocycles. The lowest BCUT2D eigenvalue weighted by atomic mass is 10.1. The van der Waals surface area contributed by atoms with Crippen LogP contribution in [0.3, 0.4) is 0 Å². The number of rotatable bonds is 8. The number of carbonyl (C=O) groups is 1. The first kappa shape index (κ1) is 24.4. The van der Waals surface area contributed by atoms with E-state index in [9.17, 15) is 26.4 Å². The Morgan fingerprint density at radius 3 is 2.19 bits per heavy atom. The Hall–Kier alpha value is -2.90. The van der Waals surface area contributed by atoms with Gasteiger partial charge in [0.05, 0.1) is 16.5 Å². The summed E-state index contributed by atoms with van der Waals surface area (Å²) in [5.74, 6) is -0.946. The van der Waals surface area contributed by atoms with Gasteiger partial charge in [-0.1, -0.05) is 32.0 Å².